The predicted octanol–water partition coefficient (Wildman–Crippen LogP) is 5.40. The molecule has 4 aromatic rings. The van der Waals surface area contributed by atoms with Crippen LogP contribution in [0.15, 0.2) is 60.7 Å². The number of aromatic amines is 1. The molecular weight excluding hydrogens is 364 g/mol. The number of fused-ring (bicyclic) bond motifs is 6. The lowest BCUT2D eigenvalue weighted by atomic mass is 9.78. The second-order valence-electron chi connectivity index (χ2n) is 7.61. The summed E-state index contributed by atoms with van der Waals surface area (Å²) >= 11 is 0. The number of hydrogen-bond acceptors (Lipinski definition) is 4. The van der Waals surface area contributed by atoms with E-state index < -0.39 is 0 Å². The quantitative estimate of drug-likeness (QED) is 0.363. The van der Waals surface area contributed by atoms with Gasteiger partial charge in [-0.05, 0) is 58.7 Å². The molecule has 0 amide bonds. The number of rotatable bonds is 1. The summed E-state index contributed by atoms with van der Waals surface area (Å²) in [6, 6.07) is 13.5. The van der Waals surface area contributed by atoms with Gasteiger partial charge in [-0.25, -0.2) is 4.98 Å². The Bertz CT molecular complexity index is 1310. The smallest absolute Gasteiger partial charge is 0.132 e. The van der Waals surface area contributed by atoms with E-state index in [9.17, 15) is 10.2 Å². The second kappa shape index (κ2) is 5.88. The molecular formula is C24H18N2O3. The summed E-state index contributed by atoms with van der Waals surface area (Å²) in [4.78, 5) is 7.53. The normalized spacial score (nSPS) is 17.1. The number of nitrogens with zero attached hydrogens (tertiary/aromatic N) is 1. The molecule has 1 unspecified atom stereocenters. The Morgan fingerprint density at radius 2 is 1.79 bits per heavy atom. The van der Waals surface area contributed by atoms with E-state index in [1.165, 1.54) is 5.56 Å². The highest BCUT2D eigenvalue weighted by Gasteiger charge is 2.34. The first-order chi connectivity index (χ1) is 14.2. The number of aliphatic hydroxyl groups excluding tert-OH is 1. The summed E-state index contributed by atoms with van der Waals surface area (Å²) in [7, 11) is 0. The molecule has 29 heavy (non-hydrogen) atoms. The molecule has 0 saturated heterocycles. The van der Waals surface area contributed by atoms with Gasteiger partial charge in [0.15, 0.2) is 0 Å². The fraction of sp³-hybridized carbons (Fsp3) is 0.125. The number of phenolic OH excluding ortho intramolecular Hbond substituents is 1. The number of nitrogens with one attached hydrogen (secondary N) is 1. The largest absolute Gasteiger partial charge is 0.512 e. The number of aromatic nitrogens is 2. The Balaban J connectivity index is 1.72. The topological polar surface area (TPSA) is 78.4 Å². The summed E-state index contributed by atoms with van der Waals surface area (Å²) in [6.07, 6.45) is 6.81. The number of aromatic hydroxyl groups is 1. The Morgan fingerprint density at radius 1 is 0.966 bits per heavy atom. The van der Waals surface area contributed by atoms with Crippen LogP contribution in [0.1, 0.15) is 40.3 Å². The molecule has 2 heterocycles. The van der Waals surface area contributed by atoms with Gasteiger partial charge in [-0.1, -0.05) is 18.2 Å². The van der Waals surface area contributed by atoms with Crippen molar-refractivity contribution in [2.24, 2.45) is 0 Å². The first-order valence-corrected chi connectivity index (χ1v) is 9.66. The maximum absolute atomic E-state index is 10.2. The van der Waals surface area contributed by atoms with Gasteiger partial charge in [0.2, 0.25) is 0 Å². The number of imidazole rings is 1. The zero-order chi connectivity index (χ0) is 19.5. The first-order valence-electron chi connectivity index (χ1n) is 9.66. The molecule has 0 saturated carbocycles. The van der Waals surface area contributed by atoms with Crippen molar-refractivity contribution in [3.05, 3.63) is 88.7 Å². The van der Waals surface area contributed by atoms with Gasteiger partial charge in [-0.2, -0.15) is 0 Å². The second-order valence-corrected chi connectivity index (χ2v) is 7.61. The molecule has 0 fully saturated rings. The predicted molar refractivity (Wildman–Crippen MR) is 111 cm³/mol. The van der Waals surface area contributed by atoms with Gasteiger partial charge >= 0.3 is 0 Å². The van der Waals surface area contributed by atoms with Crippen molar-refractivity contribution >= 4 is 16.8 Å². The summed E-state index contributed by atoms with van der Waals surface area (Å²) in [5.41, 5.74) is 5.15. The Kier molecular flexibility index (Phi) is 3.29. The van der Waals surface area contributed by atoms with Gasteiger partial charge < -0.3 is 19.9 Å². The molecule has 5 heteroatoms. The zero-order valence-corrected chi connectivity index (χ0v) is 15.5. The molecule has 1 atom stereocenters. The third-order valence-electron chi connectivity index (χ3n) is 5.93. The summed E-state index contributed by atoms with van der Waals surface area (Å²) in [5, 5.41) is 22.4. The maximum Gasteiger partial charge on any atom is 0.132 e. The van der Waals surface area contributed by atoms with Crippen LogP contribution in [-0.4, -0.2) is 20.2 Å². The molecule has 6 rings (SSSR count). The highest BCUT2D eigenvalue weighted by atomic mass is 16.5. The van der Waals surface area contributed by atoms with Gasteiger partial charge in [0.25, 0.3) is 0 Å². The van der Waals surface area contributed by atoms with E-state index in [4.69, 9.17) is 4.74 Å². The van der Waals surface area contributed by atoms with Crippen molar-refractivity contribution in [1.82, 2.24) is 9.97 Å². The Hall–Kier alpha value is -3.73. The Morgan fingerprint density at radius 3 is 2.66 bits per heavy atom. The van der Waals surface area contributed by atoms with E-state index in [1.807, 2.05) is 36.5 Å². The summed E-state index contributed by atoms with van der Waals surface area (Å²) in [5.74, 6) is 1.99. The van der Waals surface area contributed by atoms with Crippen molar-refractivity contribution in [2.45, 2.75) is 18.8 Å². The van der Waals surface area contributed by atoms with E-state index in [1.54, 1.807) is 18.5 Å². The highest BCUT2D eigenvalue weighted by molar-refractivity contribution is 5.91. The lowest BCUT2D eigenvalue weighted by Gasteiger charge is -2.32. The third-order valence-corrected chi connectivity index (χ3v) is 5.93. The van der Waals surface area contributed by atoms with Crippen molar-refractivity contribution in [3.8, 4) is 17.2 Å². The van der Waals surface area contributed by atoms with Crippen LogP contribution in [0.5, 0.6) is 17.2 Å². The van der Waals surface area contributed by atoms with Gasteiger partial charge in [-0.3, -0.25) is 0 Å². The summed E-state index contributed by atoms with van der Waals surface area (Å²) < 4.78 is 6.33. The lowest BCUT2D eigenvalue weighted by Crippen LogP contribution is -2.16. The molecule has 1 aliphatic carbocycles. The third kappa shape index (κ3) is 2.37. The molecule has 1 aromatic heterocycles. The average Bonchev–Trinajstić information content (AvgIpc) is 3.26. The molecule has 0 bridgehead atoms. The van der Waals surface area contributed by atoms with Crippen molar-refractivity contribution < 1.29 is 14.9 Å². The van der Waals surface area contributed by atoms with E-state index in [-0.39, 0.29) is 11.7 Å². The number of allylic oxidation sites excluding steroid dienone is 1. The van der Waals surface area contributed by atoms with Gasteiger partial charge in [0, 0.05) is 29.4 Å². The van der Waals surface area contributed by atoms with E-state index in [0.29, 0.717) is 12.2 Å². The molecule has 3 aromatic carbocycles. The van der Waals surface area contributed by atoms with E-state index >= 15 is 0 Å². The minimum absolute atomic E-state index is 0.154. The van der Waals surface area contributed by atoms with E-state index in [0.717, 1.165) is 51.1 Å². The fourth-order valence-corrected chi connectivity index (χ4v) is 4.63. The standard InChI is InChI=1S/C24H18N2O3/c27-15-5-1-13-3-7-20-22(17(13)9-15)24(19-11-25-12-26-19)23-18-10-16(28)6-2-14(18)4-8-21(23)29-20/h1,3-5,7-12,24,27-28H,2,6H2,(H,25,26). The number of ether oxygens (including phenoxy) is 1. The SMILES string of the molecule is OC1=Cc2c(ccc3c2C(c2cnc[nH]2)c2c(ccc4ccc(O)cc24)O3)CC1. The van der Waals surface area contributed by atoms with Crippen LogP contribution in [0, 0.1) is 0 Å². The van der Waals surface area contributed by atoms with Crippen LogP contribution in [0.2, 0.25) is 0 Å². The number of phenols is 1. The molecule has 142 valence electrons. The minimum Gasteiger partial charge on any atom is -0.512 e. The number of hydrogen-bond donors (Lipinski definition) is 3. The van der Waals surface area contributed by atoms with Gasteiger partial charge in [0.1, 0.15) is 17.2 Å². The van der Waals surface area contributed by atoms with Crippen LogP contribution in [0.3, 0.4) is 0 Å². The minimum atomic E-state index is -0.154. The van der Waals surface area contributed by atoms with Crippen LogP contribution in [0.4, 0.5) is 0 Å². The fourth-order valence-electron chi connectivity index (χ4n) is 4.63. The van der Waals surface area contributed by atoms with Gasteiger partial charge in [-0.15, -0.1) is 0 Å². The molecule has 3 N–H and O–H groups in total. The molecule has 1 aliphatic heterocycles. The lowest BCUT2D eigenvalue weighted by molar-refractivity contribution is 0.391. The van der Waals surface area contributed by atoms with E-state index in [2.05, 4.69) is 16.0 Å². The maximum atomic E-state index is 10.2. The molecule has 5 nitrogen and oxygen atoms in total. The van der Waals surface area contributed by atoms with Crippen LogP contribution >= 0.6 is 0 Å². The zero-order valence-electron chi connectivity index (χ0n) is 15.5. The number of aliphatic hydroxyl groups is 1. The molecule has 2 aliphatic rings. The average molecular weight is 382 g/mol. The number of aryl methyl sites for hydroxylation is 1. The van der Waals surface area contributed by atoms with Gasteiger partial charge in [0.05, 0.1) is 18.0 Å². The number of H-pyrrole nitrogens is 1. The highest BCUT2D eigenvalue weighted by Crippen LogP contribution is 2.52. The van der Waals surface area contributed by atoms with Crippen molar-refractivity contribution in [2.75, 3.05) is 0 Å². The summed E-state index contributed by atoms with van der Waals surface area (Å²) in [6.45, 7) is 0. The van der Waals surface area contributed by atoms with Crippen molar-refractivity contribution in [1.29, 1.82) is 0 Å². The number of benzene rings is 3. The molecule has 0 radical (unpaired) electrons. The van der Waals surface area contributed by atoms with Crippen LogP contribution in [0.25, 0.3) is 16.8 Å². The Labute approximate surface area is 166 Å². The van der Waals surface area contributed by atoms with Crippen LogP contribution < -0.4 is 4.74 Å². The molecule has 0 spiro atoms. The first kappa shape index (κ1) is 16.2. The van der Waals surface area contributed by atoms with Crippen molar-refractivity contribution in [3.63, 3.8) is 0 Å². The monoisotopic (exact) mass is 382 g/mol. The van der Waals surface area contributed by atoms with Crippen LogP contribution in [-0.2, 0) is 6.42 Å².